The number of carbonyl (C=O) groups excluding carboxylic acids is 1. The molecule has 0 spiro atoms. The van der Waals surface area contributed by atoms with Crippen molar-refractivity contribution in [3.8, 4) is 0 Å². The Labute approximate surface area is 93.0 Å². The number of hydrogen-bond acceptors (Lipinski definition) is 2. The highest BCUT2D eigenvalue weighted by atomic mass is 19.1. The van der Waals surface area contributed by atoms with Crippen LogP contribution in [0.5, 0.6) is 0 Å². The average Bonchev–Trinajstić information content (AvgIpc) is 2.16. The molecule has 1 fully saturated rings. The summed E-state index contributed by atoms with van der Waals surface area (Å²) in [6, 6.07) is 4.04. The Morgan fingerprint density at radius 1 is 1.44 bits per heavy atom. The van der Waals surface area contributed by atoms with Crippen molar-refractivity contribution >= 4 is 17.4 Å². The molecule has 16 heavy (non-hydrogen) atoms. The number of benzene rings is 1. The van der Waals surface area contributed by atoms with E-state index in [0.29, 0.717) is 5.69 Å². The molecule has 0 bridgehead atoms. The number of halogens is 1. The lowest BCUT2D eigenvalue weighted by Gasteiger charge is -2.26. The quantitative estimate of drug-likeness (QED) is 0.672. The molecule has 4 N–H and O–H groups in total. The number of urea groups is 1. The van der Waals surface area contributed by atoms with E-state index in [9.17, 15) is 9.18 Å². The number of rotatable bonds is 2. The minimum Gasteiger partial charge on any atom is -0.399 e. The van der Waals surface area contributed by atoms with Gasteiger partial charge in [-0.25, -0.2) is 9.18 Å². The Bertz CT molecular complexity index is 404. The van der Waals surface area contributed by atoms with Gasteiger partial charge in [0.2, 0.25) is 0 Å². The summed E-state index contributed by atoms with van der Waals surface area (Å²) < 4.78 is 13.3. The zero-order valence-corrected chi connectivity index (χ0v) is 8.79. The molecule has 0 atom stereocenters. The van der Waals surface area contributed by atoms with E-state index >= 15 is 0 Å². The van der Waals surface area contributed by atoms with Crippen molar-refractivity contribution < 1.29 is 9.18 Å². The third kappa shape index (κ3) is 2.42. The number of nitrogens with one attached hydrogen (secondary N) is 2. The first-order chi connectivity index (χ1) is 7.65. The Morgan fingerprint density at radius 2 is 2.19 bits per heavy atom. The summed E-state index contributed by atoms with van der Waals surface area (Å²) in [5, 5.41) is 5.21. The van der Waals surface area contributed by atoms with Gasteiger partial charge in [-0.3, -0.25) is 0 Å². The molecule has 2 amide bonds. The molecule has 4 nitrogen and oxygen atoms in total. The molecule has 0 aromatic heterocycles. The standard InChI is InChI=1S/C11H14FN3O/c12-9-6-7(13)4-5-10(9)15-11(16)14-8-2-1-3-8/h4-6,8H,1-3,13H2,(H2,14,15,16). The third-order valence-electron chi connectivity index (χ3n) is 2.68. The van der Waals surface area contributed by atoms with Gasteiger partial charge in [0.25, 0.3) is 0 Å². The van der Waals surface area contributed by atoms with Crippen LogP contribution in [0, 0.1) is 5.82 Å². The van der Waals surface area contributed by atoms with Crippen LogP contribution < -0.4 is 16.4 Å². The summed E-state index contributed by atoms with van der Waals surface area (Å²) in [6.45, 7) is 0. The molecule has 5 heteroatoms. The first kappa shape index (κ1) is 10.7. The van der Waals surface area contributed by atoms with E-state index in [1.54, 1.807) is 6.07 Å². The summed E-state index contributed by atoms with van der Waals surface area (Å²) in [5.74, 6) is -0.524. The van der Waals surface area contributed by atoms with E-state index < -0.39 is 5.82 Å². The van der Waals surface area contributed by atoms with Gasteiger partial charge in [-0.2, -0.15) is 0 Å². The molecule has 1 aromatic carbocycles. The van der Waals surface area contributed by atoms with Crippen molar-refractivity contribution in [1.29, 1.82) is 0 Å². The summed E-state index contributed by atoms with van der Waals surface area (Å²) in [4.78, 5) is 11.4. The van der Waals surface area contributed by atoms with E-state index in [4.69, 9.17) is 5.73 Å². The fourth-order valence-corrected chi connectivity index (χ4v) is 1.53. The second-order valence-electron chi connectivity index (χ2n) is 3.97. The van der Waals surface area contributed by atoms with Crippen LogP contribution in [-0.4, -0.2) is 12.1 Å². The fourth-order valence-electron chi connectivity index (χ4n) is 1.53. The fraction of sp³-hybridized carbons (Fsp3) is 0.364. The maximum atomic E-state index is 13.3. The number of carbonyl (C=O) groups is 1. The van der Waals surface area contributed by atoms with Gasteiger partial charge in [-0.15, -0.1) is 0 Å². The average molecular weight is 223 g/mol. The predicted molar refractivity (Wildman–Crippen MR) is 60.6 cm³/mol. The van der Waals surface area contributed by atoms with Crippen molar-refractivity contribution in [2.24, 2.45) is 0 Å². The highest BCUT2D eigenvalue weighted by Crippen LogP contribution is 2.19. The number of nitrogen functional groups attached to an aromatic ring is 1. The predicted octanol–water partition coefficient (Wildman–Crippen LogP) is 2.08. The normalized spacial score (nSPS) is 15.3. The van der Waals surface area contributed by atoms with Gasteiger partial charge in [0, 0.05) is 11.7 Å². The van der Waals surface area contributed by atoms with Crippen LogP contribution in [0.15, 0.2) is 18.2 Å². The zero-order valence-electron chi connectivity index (χ0n) is 8.79. The number of hydrogen-bond donors (Lipinski definition) is 3. The molecule has 0 heterocycles. The summed E-state index contributed by atoms with van der Waals surface area (Å²) >= 11 is 0. The third-order valence-corrected chi connectivity index (χ3v) is 2.68. The highest BCUT2D eigenvalue weighted by molar-refractivity contribution is 5.89. The van der Waals surface area contributed by atoms with Crippen molar-refractivity contribution in [3.63, 3.8) is 0 Å². The van der Waals surface area contributed by atoms with Gasteiger partial charge in [-0.1, -0.05) is 0 Å². The van der Waals surface area contributed by atoms with Crippen molar-refractivity contribution in [2.75, 3.05) is 11.1 Å². The number of nitrogens with two attached hydrogens (primary N) is 1. The van der Waals surface area contributed by atoms with Crippen LogP contribution >= 0.6 is 0 Å². The van der Waals surface area contributed by atoms with E-state index in [0.717, 1.165) is 19.3 Å². The van der Waals surface area contributed by atoms with Gasteiger partial charge in [-0.05, 0) is 37.5 Å². The Kier molecular flexibility index (Phi) is 2.94. The molecule has 1 aliphatic carbocycles. The summed E-state index contributed by atoms with van der Waals surface area (Å²) in [7, 11) is 0. The second kappa shape index (κ2) is 4.38. The van der Waals surface area contributed by atoms with Gasteiger partial charge >= 0.3 is 6.03 Å². The van der Waals surface area contributed by atoms with Crippen LogP contribution in [0.1, 0.15) is 19.3 Å². The molecule has 2 rings (SSSR count). The number of amides is 2. The SMILES string of the molecule is Nc1ccc(NC(=O)NC2CCC2)c(F)c1. The molecular weight excluding hydrogens is 209 g/mol. The van der Waals surface area contributed by atoms with Crippen LogP contribution in [-0.2, 0) is 0 Å². The van der Waals surface area contributed by atoms with E-state index in [1.165, 1.54) is 12.1 Å². The molecule has 86 valence electrons. The maximum absolute atomic E-state index is 13.3. The highest BCUT2D eigenvalue weighted by Gasteiger charge is 2.19. The van der Waals surface area contributed by atoms with Crippen LogP contribution in [0.2, 0.25) is 0 Å². The number of anilines is 2. The lowest BCUT2D eigenvalue weighted by molar-refractivity contribution is 0.240. The topological polar surface area (TPSA) is 67.1 Å². The molecule has 1 aliphatic rings. The Morgan fingerprint density at radius 3 is 2.75 bits per heavy atom. The molecular formula is C11H14FN3O. The minimum atomic E-state index is -0.524. The molecule has 0 unspecified atom stereocenters. The van der Waals surface area contributed by atoms with E-state index in [2.05, 4.69) is 10.6 Å². The Hall–Kier alpha value is -1.78. The van der Waals surface area contributed by atoms with Gasteiger partial charge in [0.15, 0.2) is 0 Å². The van der Waals surface area contributed by atoms with E-state index in [-0.39, 0.29) is 17.8 Å². The smallest absolute Gasteiger partial charge is 0.319 e. The van der Waals surface area contributed by atoms with E-state index in [1.807, 2.05) is 0 Å². The molecule has 0 saturated heterocycles. The Balaban J connectivity index is 1.94. The monoisotopic (exact) mass is 223 g/mol. The van der Waals surface area contributed by atoms with Crippen LogP contribution in [0.4, 0.5) is 20.6 Å². The van der Waals surface area contributed by atoms with Gasteiger partial charge in [0.05, 0.1) is 5.69 Å². The summed E-state index contributed by atoms with van der Waals surface area (Å²) in [5.41, 5.74) is 5.88. The first-order valence-corrected chi connectivity index (χ1v) is 5.27. The van der Waals surface area contributed by atoms with Gasteiger partial charge < -0.3 is 16.4 Å². The zero-order chi connectivity index (χ0) is 11.5. The molecule has 0 aliphatic heterocycles. The van der Waals surface area contributed by atoms with Crippen LogP contribution in [0.3, 0.4) is 0 Å². The summed E-state index contributed by atoms with van der Waals surface area (Å²) in [6.07, 6.45) is 3.14. The maximum Gasteiger partial charge on any atom is 0.319 e. The van der Waals surface area contributed by atoms with Crippen molar-refractivity contribution in [3.05, 3.63) is 24.0 Å². The largest absolute Gasteiger partial charge is 0.399 e. The van der Waals surface area contributed by atoms with Gasteiger partial charge in [0.1, 0.15) is 5.82 Å². The first-order valence-electron chi connectivity index (χ1n) is 5.27. The molecule has 1 aromatic rings. The van der Waals surface area contributed by atoms with Crippen molar-refractivity contribution in [1.82, 2.24) is 5.32 Å². The molecule has 0 radical (unpaired) electrons. The second-order valence-corrected chi connectivity index (χ2v) is 3.97. The molecule has 1 saturated carbocycles. The lowest BCUT2D eigenvalue weighted by Crippen LogP contribution is -2.41. The minimum absolute atomic E-state index is 0.144. The van der Waals surface area contributed by atoms with Crippen molar-refractivity contribution in [2.45, 2.75) is 25.3 Å². The van der Waals surface area contributed by atoms with Crippen LogP contribution in [0.25, 0.3) is 0 Å². The lowest BCUT2D eigenvalue weighted by atomic mass is 9.93.